The first kappa shape index (κ1) is 38.9. The topological polar surface area (TPSA) is 273 Å². The van der Waals surface area contributed by atoms with Gasteiger partial charge in [-0.2, -0.15) is 0 Å². The normalized spacial score (nSPS) is 21.6. The lowest BCUT2D eigenvalue weighted by Crippen LogP contribution is -2.63. The molecular weight excluding hydrogens is 733 g/mol. The number of aromatic carboxylic acids is 1. The highest BCUT2D eigenvalue weighted by molar-refractivity contribution is 7.56. The first-order chi connectivity index (χ1) is 24.7. The number of aliphatic imine (C=N–C) groups is 1. The lowest BCUT2D eigenvalue weighted by atomic mass is 9.71. The third-order valence-corrected chi connectivity index (χ3v) is 10.3. The van der Waals surface area contributed by atoms with Gasteiger partial charge in [-0.3, -0.25) is 24.0 Å². The molecule has 0 radical (unpaired) electrons. The zero-order chi connectivity index (χ0) is 39.3. The number of fused-ring (bicyclic) bond motifs is 1. The number of imide groups is 1. The Kier molecular flexibility index (Phi) is 10.4. The second-order valence-electron chi connectivity index (χ2n) is 12.7. The number of amides is 4. The highest BCUT2D eigenvalue weighted by Gasteiger charge is 2.50. The number of carbonyl (C=O) groups excluding carboxylic acids is 3. The zero-order valence-electron chi connectivity index (χ0n) is 27.8. The summed E-state index contributed by atoms with van der Waals surface area (Å²) in [6, 6.07) is 1.31. The predicted molar refractivity (Wildman–Crippen MR) is 177 cm³/mol. The van der Waals surface area contributed by atoms with Gasteiger partial charge in [0.1, 0.15) is 34.7 Å². The highest BCUT2D eigenvalue weighted by Crippen LogP contribution is 2.56. The van der Waals surface area contributed by atoms with Gasteiger partial charge in [-0.25, -0.2) is 22.8 Å². The average molecular weight is 765 g/mol. The van der Waals surface area contributed by atoms with Gasteiger partial charge >= 0.3 is 38.5 Å². The fourth-order valence-corrected chi connectivity index (χ4v) is 6.91. The maximum absolute atomic E-state index is 15.9. The van der Waals surface area contributed by atoms with Crippen LogP contribution in [0.4, 0.5) is 18.0 Å². The summed E-state index contributed by atoms with van der Waals surface area (Å²) in [4.78, 5) is 76.3. The molecule has 53 heavy (non-hydrogen) atoms. The van der Waals surface area contributed by atoms with Crippen LogP contribution < -0.4 is 15.7 Å². The maximum atomic E-state index is 15.9. The summed E-state index contributed by atoms with van der Waals surface area (Å²) in [7, 11) is -7.32. The number of carbonyl (C=O) groups is 4. The van der Waals surface area contributed by atoms with Gasteiger partial charge < -0.3 is 50.7 Å². The van der Waals surface area contributed by atoms with E-state index < -0.39 is 120 Å². The zero-order valence-corrected chi connectivity index (χ0v) is 28.7. The monoisotopic (exact) mass is 765 g/mol. The molecule has 1 saturated heterocycles. The summed E-state index contributed by atoms with van der Waals surface area (Å²) < 4.78 is 62.5. The van der Waals surface area contributed by atoms with E-state index in [1.54, 1.807) is 0 Å². The van der Waals surface area contributed by atoms with Crippen LogP contribution in [0.5, 0.6) is 17.2 Å². The number of amidine groups is 1. The Balaban J connectivity index is 1.46. The average Bonchev–Trinajstić information content (AvgIpc) is 3.07. The number of nitrogens with one attached hydrogen (secondary N) is 1. The highest BCUT2D eigenvalue weighted by atomic mass is 31.2. The Bertz CT molecular complexity index is 2080. The van der Waals surface area contributed by atoms with Gasteiger partial charge in [-0.1, -0.05) is 25.1 Å². The number of hydrogen-bond donors (Lipinski definition) is 8. The Labute approximate surface area is 298 Å². The molecule has 282 valence electrons. The van der Waals surface area contributed by atoms with Crippen LogP contribution in [0.15, 0.2) is 52.3 Å². The number of nitrogens with zero attached hydrogens (tertiary/aromatic N) is 3. The SMILES string of the molecule is Cc1c(CN2CCN(C(=O)N[C@@H](/C(N)=N/[C@H]3Cc4ccc(F)c(C(=O)O)c4OB3O)C3(C)CC=C(P(=O)(O)O)C(F)=C3F)C(=O)C2=O)ccc(O)c1O. The van der Waals surface area contributed by atoms with Gasteiger partial charge in [-0.05, 0) is 48.6 Å². The molecule has 0 aromatic heterocycles. The molecule has 1 fully saturated rings. The first-order valence-corrected chi connectivity index (χ1v) is 17.2. The van der Waals surface area contributed by atoms with Crippen LogP contribution in [0, 0.1) is 18.2 Å². The molecule has 22 heteroatoms. The van der Waals surface area contributed by atoms with Gasteiger partial charge in [0.25, 0.3) is 0 Å². The van der Waals surface area contributed by atoms with Crippen molar-refractivity contribution < 1.29 is 71.7 Å². The molecule has 5 rings (SSSR count). The second-order valence-corrected chi connectivity index (χ2v) is 14.3. The molecule has 2 aliphatic heterocycles. The van der Waals surface area contributed by atoms with Crippen molar-refractivity contribution in [2.75, 3.05) is 13.1 Å². The number of carboxylic acid groups (broad SMARTS) is 1. The minimum absolute atomic E-state index is 0.0612. The van der Waals surface area contributed by atoms with Gasteiger partial charge in [-0.15, -0.1) is 0 Å². The van der Waals surface area contributed by atoms with E-state index in [0.717, 1.165) is 24.0 Å². The number of allylic oxidation sites excluding steroid dienone is 3. The van der Waals surface area contributed by atoms with Crippen LogP contribution in [-0.4, -0.2) is 102 Å². The fourth-order valence-electron chi connectivity index (χ4n) is 6.22. The molecule has 0 bridgehead atoms. The smallest absolute Gasteiger partial charge is 0.534 e. The van der Waals surface area contributed by atoms with Crippen molar-refractivity contribution in [1.29, 1.82) is 0 Å². The lowest BCUT2D eigenvalue weighted by Gasteiger charge is -2.40. The Morgan fingerprint density at radius 3 is 2.47 bits per heavy atom. The summed E-state index contributed by atoms with van der Waals surface area (Å²) in [5.74, 6) is -12.6. The lowest BCUT2D eigenvalue weighted by molar-refractivity contribution is -0.154. The third-order valence-electron chi connectivity index (χ3n) is 9.30. The molecule has 3 aliphatic rings. The van der Waals surface area contributed by atoms with Crippen molar-refractivity contribution in [3.63, 3.8) is 0 Å². The predicted octanol–water partition coefficient (Wildman–Crippen LogP) is 1.50. The Morgan fingerprint density at radius 2 is 1.83 bits per heavy atom. The number of phenolic OH excluding ortho intramolecular Hbond substituents is 2. The Morgan fingerprint density at radius 1 is 1.15 bits per heavy atom. The van der Waals surface area contributed by atoms with E-state index in [1.807, 2.05) is 0 Å². The molecule has 2 heterocycles. The van der Waals surface area contributed by atoms with E-state index in [0.29, 0.717) is 16.5 Å². The van der Waals surface area contributed by atoms with Crippen LogP contribution in [-0.2, 0) is 27.1 Å². The summed E-state index contributed by atoms with van der Waals surface area (Å²) in [5, 5.41) is 40.9. The minimum atomic E-state index is -5.33. The summed E-state index contributed by atoms with van der Waals surface area (Å²) in [5.41, 5.74) is 3.77. The molecule has 2 aromatic rings. The first-order valence-electron chi connectivity index (χ1n) is 15.6. The number of halogens is 3. The number of phenols is 2. The van der Waals surface area contributed by atoms with E-state index in [9.17, 15) is 58.3 Å². The van der Waals surface area contributed by atoms with Crippen LogP contribution in [0.3, 0.4) is 0 Å². The molecule has 0 saturated carbocycles. The number of piperazine rings is 1. The van der Waals surface area contributed by atoms with E-state index in [1.165, 1.54) is 19.1 Å². The molecule has 0 spiro atoms. The van der Waals surface area contributed by atoms with Crippen molar-refractivity contribution in [3.8, 4) is 17.2 Å². The number of aromatic hydroxyl groups is 2. The summed E-state index contributed by atoms with van der Waals surface area (Å²) >= 11 is 0. The quantitative estimate of drug-likeness (QED) is 0.0473. The molecular formula is C31H32BF3N5O12P. The van der Waals surface area contributed by atoms with E-state index in [2.05, 4.69) is 10.3 Å². The van der Waals surface area contributed by atoms with E-state index in [-0.39, 0.29) is 30.6 Å². The van der Waals surface area contributed by atoms with Crippen LogP contribution in [0.1, 0.15) is 40.4 Å². The maximum Gasteiger partial charge on any atom is 0.549 e. The molecule has 4 amide bonds. The van der Waals surface area contributed by atoms with Crippen molar-refractivity contribution in [2.24, 2.45) is 16.1 Å². The Hall–Kier alpha value is -5.37. The van der Waals surface area contributed by atoms with Crippen molar-refractivity contribution in [1.82, 2.24) is 15.1 Å². The standard InChI is InChI=1S/C31H32BF3N5O12P/c1-13-15(4-6-17(41)22(13)42)12-39-9-10-40(28(44)27(39)43)30(47)38-25(31(2)8-7-18(53(49,50)51)21(34)24(31)35)26(36)37-19-11-14-3-5-16(33)20(29(45)46)23(14)52-32(19)48/h3-7,19,25,41-42,48H,8-12H2,1-2H3,(H2,36,37)(H,38,47)(H,45,46)(H2,49,50,51)/t19-,25-,31?/m0/s1. The number of urea groups is 1. The van der Waals surface area contributed by atoms with Gasteiger partial charge in [0.05, 0.1) is 16.8 Å². The molecule has 3 atom stereocenters. The molecule has 2 aromatic carbocycles. The van der Waals surface area contributed by atoms with Crippen LogP contribution >= 0.6 is 7.60 Å². The van der Waals surface area contributed by atoms with Crippen LogP contribution in [0.25, 0.3) is 0 Å². The molecule has 9 N–H and O–H groups in total. The molecule has 1 unspecified atom stereocenters. The number of benzene rings is 2. The number of hydrogen-bond acceptors (Lipinski definition) is 10. The van der Waals surface area contributed by atoms with Gasteiger partial charge in [0.15, 0.2) is 17.3 Å². The molecule has 17 nitrogen and oxygen atoms in total. The fraction of sp³-hybridized carbons (Fsp3) is 0.323. The number of carboxylic acids is 1. The van der Waals surface area contributed by atoms with Gasteiger partial charge in [0.2, 0.25) is 0 Å². The summed E-state index contributed by atoms with van der Waals surface area (Å²) in [6.07, 6.45) is -0.350. The van der Waals surface area contributed by atoms with Gasteiger partial charge in [0, 0.05) is 19.6 Å². The van der Waals surface area contributed by atoms with Crippen LogP contribution in [0.2, 0.25) is 0 Å². The molecule has 1 aliphatic carbocycles. The van der Waals surface area contributed by atoms with Crippen molar-refractivity contribution in [2.45, 2.75) is 45.2 Å². The van der Waals surface area contributed by atoms with E-state index in [4.69, 9.17) is 10.4 Å². The number of nitrogens with two attached hydrogens (primary N) is 1. The summed E-state index contributed by atoms with van der Waals surface area (Å²) in [6.45, 7) is 1.64. The van der Waals surface area contributed by atoms with E-state index >= 15 is 8.78 Å². The number of rotatable bonds is 8. The van der Waals surface area contributed by atoms with Crippen molar-refractivity contribution >= 4 is 44.4 Å². The van der Waals surface area contributed by atoms with Crippen molar-refractivity contribution in [3.05, 3.63) is 75.4 Å². The minimum Gasteiger partial charge on any atom is -0.534 e. The second kappa shape index (κ2) is 14.2. The third kappa shape index (κ3) is 7.20. The largest absolute Gasteiger partial charge is 0.549 e.